The van der Waals surface area contributed by atoms with Crippen LogP contribution in [0.4, 0.5) is 4.39 Å². The Bertz CT molecular complexity index is 382. The first-order chi connectivity index (χ1) is 7.93. The Morgan fingerprint density at radius 2 is 1.71 bits per heavy atom. The van der Waals surface area contributed by atoms with Gasteiger partial charge < -0.3 is 5.11 Å². The number of hydrogen-bond donors (Lipinski definition) is 1. The van der Waals surface area contributed by atoms with Crippen LogP contribution in [0.15, 0.2) is 24.3 Å². The molecule has 0 saturated heterocycles. The molecule has 1 aromatic carbocycles. The van der Waals surface area contributed by atoms with Gasteiger partial charge in [-0.2, -0.15) is 0 Å². The van der Waals surface area contributed by atoms with E-state index in [0.717, 1.165) is 24.8 Å². The van der Waals surface area contributed by atoms with Gasteiger partial charge in [-0.1, -0.05) is 38.8 Å². The van der Waals surface area contributed by atoms with Crippen molar-refractivity contribution in [3.63, 3.8) is 0 Å². The van der Waals surface area contributed by atoms with E-state index in [1.165, 1.54) is 18.6 Å². The van der Waals surface area contributed by atoms with Gasteiger partial charge in [0, 0.05) is 6.42 Å². The Balaban J connectivity index is 2.18. The van der Waals surface area contributed by atoms with Crippen LogP contribution in [0.1, 0.15) is 45.1 Å². The third-order valence-corrected chi connectivity index (χ3v) is 4.31. The average molecular weight is 236 g/mol. The van der Waals surface area contributed by atoms with Crippen molar-refractivity contribution in [2.45, 2.75) is 51.6 Å². The van der Waals surface area contributed by atoms with Crippen LogP contribution in [0.25, 0.3) is 0 Å². The van der Waals surface area contributed by atoms with E-state index in [1.54, 1.807) is 12.1 Å². The van der Waals surface area contributed by atoms with Crippen molar-refractivity contribution in [1.29, 1.82) is 0 Å². The van der Waals surface area contributed by atoms with E-state index >= 15 is 0 Å². The van der Waals surface area contributed by atoms with Crippen molar-refractivity contribution in [3.8, 4) is 0 Å². The van der Waals surface area contributed by atoms with Crippen LogP contribution in [0.5, 0.6) is 0 Å². The minimum atomic E-state index is -0.650. The fourth-order valence-corrected chi connectivity index (χ4v) is 2.82. The summed E-state index contributed by atoms with van der Waals surface area (Å²) >= 11 is 0. The predicted octanol–water partition coefficient (Wildman–Crippen LogP) is 3.70. The van der Waals surface area contributed by atoms with Crippen LogP contribution in [-0.4, -0.2) is 10.7 Å². The summed E-state index contributed by atoms with van der Waals surface area (Å²) in [6.45, 7) is 4.27. The van der Waals surface area contributed by atoms with Gasteiger partial charge in [0.05, 0.1) is 5.60 Å². The van der Waals surface area contributed by atoms with Crippen molar-refractivity contribution < 1.29 is 9.50 Å². The lowest BCUT2D eigenvalue weighted by atomic mass is 9.63. The summed E-state index contributed by atoms with van der Waals surface area (Å²) in [5.41, 5.74) is 0.312. The summed E-state index contributed by atoms with van der Waals surface area (Å²) in [4.78, 5) is 0. The van der Waals surface area contributed by atoms with E-state index < -0.39 is 5.60 Å². The highest BCUT2D eigenvalue weighted by atomic mass is 19.1. The number of benzene rings is 1. The highest BCUT2D eigenvalue weighted by Gasteiger charge is 2.44. The van der Waals surface area contributed by atoms with E-state index in [0.29, 0.717) is 6.42 Å². The molecule has 0 aliphatic heterocycles. The standard InChI is InChI=1S/C15H21FO/c1-14(2)9-3-4-10-15(14,17)11-12-5-7-13(16)8-6-12/h5-8,17H,3-4,9-11H2,1-2H3. The molecule has 1 aliphatic carbocycles. The first-order valence-electron chi connectivity index (χ1n) is 6.40. The molecule has 1 N–H and O–H groups in total. The molecule has 17 heavy (non-hydrogen) atoms. The molecule has 0 amide bonds. The molecule has 1 unspecified atom stereocenters. The lowest BCUT2D eigenvalue weighted by Crippen LogP contribution is -2.48. The van der Waals surface area contributed by atoms with Crippen molar-refractivity contribution in [2.75, 3.05) is 0 Å². The van der Waals surface area contributed by atoms with Crippen molar-refractivity contribution >= 4 is 0 Å². The Morgan fingerprint density at radius 1 is 1.12 bits per heavy atom. The molecule has 1 aliphatic rings. The second kappa shape index (κ2) is 4.41. The minimum Gasteiger partial charge on any atom is -0.389 e. The van der Waals surface area contributed by atoms with Gasteiger partial charge in [0.25, 0.3) is 0 Å². The molecule has 94 valence electrons. The molecule has 0 spiro atoms. The SMILES string of the molecule is CC1(C)CCCCC1(O)Cc1ccc(F)cc1. The van der Waals surface area contributed by atoms with Crippen LogP contribution >= 0.6 is 0 Å². The summed E-state index contributed by atoms with van der Waals surface area (Å²) in [5.74, 6) is -0.219. The van der Waals surface area contributed by atoms with E-state index in [2.05, 4.69) is 13.8 Å². The molecule has 1 aromatic rings. The summed E-state index contributed by atoms with van der Waals surface area (Å²) in [7, 11) is 0. The van der Waals surface area contributed by atoms with Crippen LogP contribution in [0.2, 0.25) is 0 Å². The van der Waals surface area contributed by atoms with Gasteiger partial charge in [0.15, 0.2) is 0 Å². The molecule has 0 bridgehead atoms. The maximum absolute atomic E-state index is 12.9. The van der Waals surface area contributed by atoms with Crippen molar-refractivity contribution in [3.05, 3.63) is 35.6 Å². The Hall–Kier alpha value is -0.890. The Kier molecular flexibility index (Phi) is 3.26. The van der Waals surface area contributed by atoms with Gasteiger partial charge in [0.2, 0.25) is 0 Å². The molecule has 1 fully saturated rings. The van der Waals surface area contributed by atoms with Crippen LogP contribution < -0.4 is 0 Å². The van der Waals surface area contributed by atoms with Crippen molar-refractivity contribution in [2.24, 2.45) is 5.41 Å². The lowest BCUT2D eigenvalue weighted by Gasteiger charge is -2.46. The number of rotatable bonds is 2. The topological polar surface area (TPSA) is 20.2 Å². The molecular weight excluding hydrogens is 215 g/mol. The molecule has 1 atom stereocenters. The van der Waals surface area contributed by atoms with Gasteiger partial charge in [0.1, 0.15) is 5.82 Å². The third kappa shape index (κ3) is 2.52. The summed E-state index contributed by atoms with van der Waals surface area (Å²) < 4.78 is 12.9. The van der Waals surface area contributed by atoms with Gasteiger partial charge in [-0.25, -0.2) is 4.39 Å². The lowest BCUT2D eigenvalue weighted by molar-refractivity contribution is -0.0958. The van der Waals surface area contributed by atoms with E-state index in [1.807, 2.05) is 0 Å². The first kappa shape index (κ1) is 12.6. The molecule has 2 rings (SSSR count). The number of aliphatic hydroxyl groups is 1. The predicted molar refractivity (Wildman–Crippen MR) is 67.3 cm³/mol. The monoisotopic (exact) mass is 236 g/mol. The molecule has 0 aromatic heterocycles. The molecule has 1 saturated carbocycles. The Morgan fingerprint density at radius 3 is 2.29 bits per heavy atom. The maximum atomic E-state index is 12.9. The second-order valence-corrected chi connectivity index (χ2v) is 5.93. The second-order valence-electron chi connectivity index (χ2n) is 5.93. The average Bonchev–Trinajstić information content (AvgIpc) is 2.26. The van der Waals surface area contributed by atoms with Gasteiger partial charge in [-0.15, -0.1) is 0 Å². The Labute approximate surface area is 103 Å². The zero-order valence-electron chi connectivity index (χ0n) is 10.7. The molecule has 2 heteroatoms. The highest BCUT2D eigenvalue weighted by molar-refractivity contribution is 5.19. The molecule has 0 heterocycles. The fourth-order valence-electron chi connectivity index (χ4n) is 2.82. The normalized spacial score (nSPS) is 28.0. The smallest absolute Gasteiger partial charge is 0.123 e. The molecule has 0 radical (unpaired) electrons. The highest BCUT2D eigenvalue weighted by Crippen LogP contribution is 2.45. The summed E-state index contributed by atoms with van der Waals surface area (Å²) in [5, 5.41) is 10.8. The number of halogens is 1. The fraction of sp³-hybridized carbons (Fsp3) is 0.600. The number of hydrogen-bond acceptors (Lipinski definition) is 1. The summed E-state index contributed by atoms with van der Waals surface area (Å²) in [6, 6.07) is 6.49. The molecular formula is C15H21FO. The quantitative estimate of drug-likeness (QED) is 0.830. The maximum Gasteiger partial charge on any atom is 0.123 e. The minimum absolute atomic E-state index is 0.0559. The van der Waals surface area contributed by atoms with E-state index in [9.17, 15) is 9.50 Å². The van der Waals surface area contributed by atoms with Crippen molar-refractivity contribution in [1.82, 2.24) is 0 Å². The largest absolute Gasteiger partial charge is 0.389 e. The van der Waals surface area contributed by atoms with Gasteiger partial charge in [-0.05, 0) is 36.0 Å². The zero-order valence-corrected chi connectivity index (χ0v) is 10.7. The van der Waals surface area contributed by atoms with E-state index in [-0.39, 0.29) is 11.2 Å². The third-order valence-electron chi connectivity index (χ3n) is 4.31. The zero-order chi connectivity index (χ0) is 12.5. The van der Waals surface area contributed by atoms with Crippen LogP contribution in [-0.2, 0) is 6.42 Å². The van der Waals surface area contributed by atoms with Gasteiger partial charge >= 0.3 is 0 Å². The van der Waals surface area contributed by atoms with E-state index in [4.69, 9.17) is 0 Å². The van der Waals surface area contributed by atoms with Crippen LogP contribution in [0.3, 0.4) is 0 Å². The summed E-state index contributed by atoms with van der Waals surface area (Å²) in [6.07, 6.45) is 4.81. The van der Waals surface area contributed by atoms with Crippen LogP contribution in [0, 0.1) is 11.2 Å². The molecule has 1 nitrogen and oxygen atoms in total. The van der Waals surface area contributed by atoms with Gasteiger partial charge in [-0.3, -0.25) is 0 Å². The first-order valence-corrected chi connectivity index (χ1v) is 6.40.